The number of amides is 1. The van der Waals surface area contributed by atoms with Gasteiger partial charge in [0, 0.05) is 37.0 Å². The number of oxazole rings is 1. The average molecular weight is 701 g/mol. The van der Waals surface area contributed by atoms with Gasteiger partial charge in [0.1, 0.15) is 17.4 Å². The van der Waals surface area contributed by atoms with Crippen molar-refractivity contribution >= 4 is 33.2 Å². The summed E-state index contributed by atoms with van der Waals surface area (Å²) in [5.74, 6) is 0.868. The maximum Gasteiger partial charge on any atom is 0.407 e. The van der Waals surface area contributed by atoms with E-state index in [2.05, 4.69) is 22.5 Å². The first-order valence-electron chi connectivity index (χ1n) is 17.2. The van der Waals surface area contributed by atoms with Gasteiger partial charge in [-0.3, -0.25) is 0 Å². The minimum atomic E-state index is -4.09. The fraction of sp³-hybridized carbons (Fsp3) is 0.600. The van der Waals surface area contributed by atoms with Crippen LogP contribution in [0.1, 0.15) is 52.0 Å². The van der Waals surface area contributed by atoms with E-state index in [9.17, 15) is 18.3 Å². The molecule has 49 heavy (non-hydrogen) atoms. The van der Waals surface area contributed by atoms with Crippen molar-refractivity contribution in [1.29, 1.82) is 0 Å². The number of aliphatic hydroxyl groups is 1. The third kappa shape index (κ3) is 8.66. The van der Waals surface area contributed by atoms with Gasteiger partial charge in [0.05, 0.1) is 37.4 Å². The monoisotopic (exact) mass is 700 g/mol. The third-order valence-electron chi connectivity index (χ3n) is 9.72. The Labute approximate surface area is 287 Å². The highest BCUT2D eigenvalue weighted by molar-refractivity contribution is 7.89. The molecule has 0 radical (unpaired) electrons. The number of benzene rings is 2. The van der Waals surface area contributed by atoms with Crippen LogP contribution in [0.15, 0.2) is 51.8 Å². The van der Waals surface area contributed by atoms with Crippen LogP contribution in [0.3, 0.4) is 0 Å². The van der Waals surface area contributed by atoms with Crippen LogP contribution in [-0.2, 0) is 31.0 Å². The van der Waals surface area contributed by atoms with Crippen molar-refractivity contribution in [3.05, 3.63) is 48.0 Å². The first kappa shape index (κ1) is 35.4. The predicted octanol–water partition coefficient (Wildman–Crippen LogP) is 4.75. The van der Waals surface area contributed by atoms with Gasteiger partial charge in [-0.15, -0.1) is 0 Å². The van der Waals surface area contributed by atoms with E-state index in [0.717, 1.165) is 31.2 Å². The third-order valence-corrected chi connectivity index (χ3v) is 11.6. The van der Waals surface area contributed by atoms with Gasteiger partial charge in [0.2, 0.25) is 10.0 Å². The van der Waals surface area contributed by atoms with Crippen LogP contribution < -0.4 is 15.4 Å². The number of ether oxygens (including phenoxy) is 2. The van der Waals surface area contributed by atoms with Crippen molar-refractivity contribution in [2.24, 2.45) is 23.7 Å². The lowest BCUT2D eigenvalue weighted by molar-refractivity contribution is -0.296. The van der Waals surface area contributed by atoms with E-state index in [-0.39, 0.29) is 48.1 Å². The van der Waals surface area contributed by atoms with E-state index >= 15 is 0 Å². The second kappa shape index (κ2) is 15.2. The van der Waals surface area contributed by atoms with Gasteiger partial charge >= 0.3 is 6.09 Å². The Morgan fingerprint density at radius 1 is 1.06 bits per heavy atom. The van der Waals surface area contributed by atoms with Crippen molar-refractivity contribution in [3.63, 3.8) is 0 Å². The van der Waals surface area contributed by atoms with Crippen molar-refractivity contribution in [1.82, 2.24) is 14.6 Å². The van der Waals surface area contributed by atoms with Crippen LogP contribution >= 0.6 is 0 Å². The predicted molar refractivity (Wildman–Crippen MR) is 181 cm³/mol. The molecule has 2 aliphatic carbocycles. The Bertz CT molecular complexity index is 1680. The summed E-state index contributed by atoms with van der Waals surface area (Å²) in [5, 5.41) is 17.8. The number of methoxy groups -OCH3 is 1. The maximum absolute atomic E-state index is 14.1. The number of aromatic nitrogens is 1. The van der Waals surface area contributed by atoms with Gasteiger partial charge in [0.15, 0.2) is 5.58 Å². The fourth-order valence-electron chi connectivity index (χ4n) is 6.71. The number of carbonyl (C=O) groups is 1. The summed E-state index contributed by atoms with van der Waals surface area (Å²) in [6, 6.07) is 11.7. The average Bonchev–Trinajstić information content (AvgIpc) is 3.81. The van der Waals surface area contributed by atoms with E-state index in [4.69, 9.17) is 23.7 Å². The zero-order valence-corrected chi connectivity index (χ0v) is 29.4. The Balaban J connectivity index is 1.22. The maximum atomic E-state index is 14.1. The highest BCUT2D eigenvalue weighted by Gasteiger charge is 2.43. The van der Waals surface area contributed by atoms with E-state index in [0.29, 0.717) is 42.1 Å². The molecule has 6 atom stereocenters. The lowest BCUT2D eigenvalue weighted by Crippen LogP contribution is -2.52. The molecule has 0 spiro atoms. The van der Waals surface area contributed by atoms with Gasteiger partial charge in [-0.1, -0.05) is 32.9 Å². The Morgan fingerprint density at radius 3 is 2.53 bits per heavy atom. The minimum Gasteiger partial charge on any atom is -0.497 e. The van der Waals surface area contributed by atoms with Gasteiger partial charge in [-0.25, -0.2) is 23.0 Å². The highest BCUT2D eigenvalue weighted by Crippen LogP contribution is 2.38. The Morgan fingerprint density at radius 2 is 1.82 bits per heavy atom. The zero-order valence-electron chi connectivity index (χ0n) is 28.5. The number of rotatable bonds is 14. The van der Waals surface area contributed by atoms with E-state index in [1.807, 2.05) is 26.0 Å². The fourth-order valence-corrected chi connectivity index (χ4v) is 8.35. The lowest BCUT2D eigenvalue weighted by Gasteiger charge is -2.38. The number of aliphatic hydroxyl groups excluding tert-OH is 1. The molecule has 3 fully saturated rings. The molecular weight excluding hydrogens is 652 g/mol. The van der Waals surface area contributed by atoms with Crippen molar-refractivity contribution in [3.8, 4) is 5.75 Å². The molecule has 2 bridgehead atoms. The van der Waals surface area contributed by atoms with Gasteiger partial charge in [-0.2, -0.15) is 9.29 Å². The Hall–Kier alpha value is -3.43. The molecule has 1 saturated heterocycles. The molecule has 1 aliphatic heterocycles. The number of alkyl carbamates (subject to hydrolysis) is 1. The van der Waals surface area contributed by atoms with E-state index < -0.39 is 34.4 Å². The number of fused-ring (bicyclic) bond motifs is 3. The summed E-state index contributed by atoms with van der Waals surface area (Å²) >= 11 is 0. The van der Waals surface area contributed by atoms with Gasteiger partial charge < -0.3 is 29.6 Å². The number of hydrogen-bond acceptors (Lipinski definition) is 11. The number of sulfonamides is 1. The largest absolute Gasteiger partial charge is 0.497 e. The molecule has 3 aromatic rings. The van der Waals surface area contributed by atoms with E-state index in [1.54, 1.807) is 25.3 Å². The normalized spacial score (nSPS) is 24.0. The number of hydrogen-bond donors (Lipinski definition) is 3. The SMILES string of the molecule is COc1ccc(C[C@H](NC(=O)OC2C3CCC(C)C2COOC3)[C@H](O)CN(CC(C)C)S(=O)(=O)c2ccc3nc(NC4CC4)oc3c2)cc1. The van der Waals surface area contributed by atoms with Crippen LogP contribution in [0, 0.1) is 23.7 Å². The van der Waals surface area contributed by atoms with Gasteiger partial charge in [-0.05, 0) is 73.8 Å². The lowest BCUT2D eigenvalue weighted by atomic mass is 9.73. The summed E-state index contributed by atoms with van der Waals surface area (Å²) in [7, 11) is -2.52. The topological polar surface area (TPSA) is 162 Å². The first-order chi connectivity index (χ1) is 23.5. The smallest absolute Gasteiger partial charge is 0.407 e. The quantitative estimate of drug-likeness (QED) is 0.199. The molecular formula is C35H48N4O9S. The summed E-state index contributed by atoms with van der Waals surface area (Å²) in [6.07, 6.45) is 1.76. The van der Waals surface area contributed by atoms with Crippen LogP contribution in [-0.4, -0.2) is 86.6 Å². The molecule has 13 nitrogen and oxygen atoms in total. The number of anilines is 1. The second-order valence-electron chi connectivity index (χ2n) is 14.1. The van der Waals surface area contributed by atoms with Crippen molar-refractivity contribution in [2.45, 2.75) is 82.1 Å². The number of nitrogens with zero attached hydrogens (tertiary/aromatic N) is 2. The highest BCUT2D eigenvalue weighted by atomic mass is 32.2. The summed E-state index contributed by atoms with van der Waals surface area (Å²) < 4.78 is 46.7. The van der Waals surface area contributed by atoms with Crippen molar-refractivity contribution < 1.29 is 42.0 Å². The molecule has 4 unspecified atom stereocenters. The molecule has 2 saturated carbocycles. The van der Waals surface area contributed by atoms with E-state index in [1.165, 1.54) is 16.4 Å². The molecule has 6 rings (SSSR count). The molecule has 268 valence electrons. The summed E-state index contributed by atoms with van der Waals surface area (Å²) in [4.78, 5) is 28.7. The molecule has 1 amide bonds. The Kier molecular flexibility index (Phi) is 11.0. The molecule has 2 heterocycles. The second-order valence-corrected chi connectivity index (χ2v) is 16.0. The van der Waals surface area contributed by atoms with Crippen LogP contribution in [0.4, 0.5) is 10.8 Å². The molecule has 3 N–H and O–H groups in total. The number of carbonyl (C=O) groups excluding carboxylic acids is 1. The zero-order chi connectivity index (χ0) is 34.7. The van der Waals surface area contributed by atoms with Crippen LogP contribution in [0.5, 0.6) is 5.75 Å². The number of nitrogens with one attached hydrogen (secondary N) is 2. The molecule has 1 aromatic heterocycles. The standard InChI is InChI=1S/C35H48N4O9S/c1-21(2)17-39(49(42,43)27-13-14-29-32(16-27)47-34(37-29)36-25-9-10-25)18-31(40)30(15-23-6-11-26(44-4)12-7-23)38-35(41)48-33-24-8-5-22(3)28(33)20-46-45-19-24/h6-7,11-14,16,21-22,24-25,28,30-31,33,40H,5,8-10,15,17-20H2,1-4H3,(H,36,37)(H,38,41)/t22?,24?,28?,30-,31+,33?/m0/s1. The van der Waals surface area contributed by atoms with Crippen LogP contribution in [0.25, 0.3) is 11.1 Å². The summed E-state index contributed by atoms with van der Waals surface area (Å²) in [6.45, 7) is 6.48. The first-order valence-corrected chi connectivity index (χ1v) is 18.6. The van der Waals surface area contributed by atoms with Crippen molar-refractivity contribution in [2.75, 3.05) is 38.7 Å². The molecule has 2 aromatic carbocycles. The van der Waals surface area contributed by atoms with Gasteiger partial charge in [0.25, 0.3) is 6.01 Å². The minimum absolute atomic E-state index is 0.00615. The summed E-state index contributed by atoms with van der Waals surface area (Å²) in [5.41, 5.74) is 1.71. The molecule has 14 heteroatoms. The van der Waals surface area contributed by atoms with Crippen LogP contribution in [0.2, 0.25) is 0 Å². The molecule has 3 aliphatic rings.